The molecule has 0 aromatic carbocycles. The molecule has 0 aliphatic heterocycles. The van der Waals surface area contributed by atoms with Crippen molar-refractivity contribution in [3.8, 4) is 0 Å². The molecule has 5 unspecified atom stereocenters. The third-order valence-corrected chi connectivity index (χ3v) is 16.5. The Balaban J connectivity index is 4.65. The molecule has 0 saturated carbocycles. The fraction of sp³-hybridized carbons (Fsp3) is 0.761. The Labute approximate surface area is 540 Å². The fourth-order valence-corrected chi connectivity index (χ4v) is 10.9. The van der Waals surface area contributed by atoms with Crippen molar-refractivity contribution >= 4 is 33.6 Å². The van der Waals surface area contributed by atoms with E-state index in [1.54, 1.807) is 0 Å². The lowest BCUT2D eigenvalue weighted by Gasteiger charge is -2.21. The largest absolute Gasteiger partial charge is 0.472 e. The second-order valence-corrected chi connectivity index (χ2v) is 26.2. The average molecular weight is 1300 g/mol. The Morgan fingerprint density at radius 2 is 0.596 bits per heavy atom. The van der Waals surface area contributed by atoms with Crippen LogP contribution in [0.25, 0.3) is 0 Å². The molecule has 0 spiro atoms. The molecule has 0 radical (unpaired) electrons. The lowest BCUT2D eigenvalue weighted by Crippen LogP contribution is -2.30. The van der Waals surface area contributed by atoms with Crippen molar-refractivity contribution in [1.29, 1.82) is 0 Å². The topological polar surface area (TPSA) is 231 Å². The summed E-state index contributed by atoms with van der Waals surface area (Å²) < 4.78 is 60.9. The zero-order chi connectivity index (χ0) is 65.3. The van der Waals surface area contributed by atoms with Gasteiger partial charge in [0.25, 0.3) is 0 Å². The number of hydrogen-bond acceptors (Lipinski definition) is 14. The standard InChI is InChI=1S/C71H126O16P2/c1-4-7-10-13-16-19-22-25-28-30-31-32-33-35-38-39-42-45-48-51-54-57-69(74)81-60-66(72)61-83-88(77,78)84-62-67(73)63-85-89(79,80)86-65-68(87-71(76)59-56-53-50-47-44-41-36-27-24-21-18-15-12-9-6-3)64-82-70(75)58-55-52-49-46-43-40-37-34-29-26-23-20-17-14-11-8-5-2/h8,11,16-17,19-20,25-26,28-29,31-32,35,38,66-68,72-73H,4-7,9-10,12-15,18,21-24,27,30,33-34,36-37,39-65H2,1-3H3,(H,77,78)(H,79,80)/b11-8-,19-16-,20-17-,28-25-,29-26-,32-31-,38-35-. The van der Waals surface area contributed by atoms with E-state index in [4.69, 9.17) is 32.3 Å². The van der Waals surface area contributed by atoms with Crippen molar-refractivity contribution in [1.82, 2.24) is 0 Å². The number of aliphatic hydroxyl groups is 2. The second kappa shape index (κ2) is 64.8. The number of unbranched alkanes of at least 4 members (excludes halogenated alkanes) is 29. The lowest BCUT2D eigenvalue weighted by atomic mass is 10.0. The van der Waals surface area contributed by atoms with Crippen LogP contribution >= 0.6 is 15.6 Å². The van der Waals surface area contributed by atoms with E-state index in [-0.39, 0.29) is 19.3 Å². The number of hydrogen-bond donors (Lipinski definition) is 4. The van der Waals surface area contributed by atoms with Crippen LogP contribution in [-0.4, -0.2) is 95.9 Å². The number of carbonyl (C=O) groups is 3. The molecule has 0 aliphatic rings. The van der Waals surface area contributed by atoms with Crippen LogP contribution in [0.2, 0.25) is 0 Å². The van der Waals surface area contributed by atoms with E-state index >= 15 is 0 Å². The van der Waals surface area contributed by atoms with Gasteiger partial charge in [0.2, 0.25) is 0 Å². The smallest absolute Gasteiger partial charge is 0.463 e. The molecule has 5 atom stereocenters. The summed E-state index contributed by atoms with van der Waals surface area (Å²) in [6.07, 6.45) is 69.1. The molecule has 18 heteroatoms. The Hall–Kier alpha value is -3.27. The number of phosphoric acid groups is 2. The molecule has 516 valence electrons. The van der Waals surface area contributed by atoms with E-state index in [9.17, 15) is 43.5 Å². The Kier molecular flexibility index (Phi) is 62.4. The van der Waals surface area contributed by atoms with Crippen LogP contribution in [0.3, 0.4) is 0 Å². The lowest BCUT2D eigenvalue weighted by molar-refractivity contribution is -0.161. The number of allylic oxidation sites excluding steroid dienone is 14. The van der Waals surface area contributed by atoms with E-state index in [0.717, 1.165) is 141 Å². The summed E-state index contributed by atoms with van der Waals surface area (Å²) in [5, 5.41) is 20.5. The van der Waals surface area contributed by atoms with Gasteiger partial charge in [-0.1, -0.05) is 260 Å². The van der Waals surface area contributed by atoms with Crippen molar-refractivity contribution in [2.45, 2.75) is 309 Å². The van der Waals surface area contributed by atoms with Gasteiger partial charge in [0.05, 0.1) is 26.4 Å². The van der Waals surface area contributed by atoms with Crippen LogP contribution in [0.1, 0.15) is 290 Å². The molecule has 4 N–H and O–H groups in total. The van der Waals surface area contributed by atoms with Crippen LogP contribution in [-0.2, 0) is 55.8 Å². The molecule has 0 rings (SSSR count). The predicted octanol–water partition coefficient (Wildman–Crippen LogP) is 19.3. The molecule has 0 bridgehead atoms. The van der Waals surface area contributed by atoms with E-state index in [0.29, 0.717) is 19.3 Å². The first kappa shape index (κ1) is 85.7. The quantitative estimate of drug-likeness (QED) is 0.0146. The van der Waals surface area contributed by atoms with Gasteiger partial charge in [-0.2, -0.15) is 0 Å². The number of esters is 3. The van der Waals surface area contributed by atoms with E-state index in [1.165, 1.54) is 89.9 Å². The van der Waals surface area contributed by atoms with Gasteiger partial charge in [-0.25, -0.2) is 9.13 Å². The summed E-state index contributed by atoms with van der Waals surface area (Å²) in [4.78, 5) is 58.4. The normalized spacial score (nSPS) is 14.7. The zero-order valence-electron chi connectivity index (χ0n) is 55.8. The molecular formula is C71H126O16P2. The number of phosphoric ester groups is 2. The second-order valence-electron chi connectivity index (χ2n) is 23.3. The highest BCUT2D eigenvalue weighted by atomic mass is 31.2. The van der Waals surface area contributed by atoms with Crippen molar-refractivity contribution in [3.63, 3.8) is 0 Å². The Bertz CT molecular complexity index is 1970. The molecule has 0 aromatic rings. The first-order chi connectivity index (χ1) is 43.2. The summed E-state index contributed by atoms with van der Waals surface area (Å²) >= 11 is 0. The summed E-state index contributed by atoms with van der Waals surface area (Å²) in [5.41, 5.74) is 0. The average Bonchev–Trinajstić information content (AvgIpc) is 3.73. The number of ether oxygens (including phenoxy) is 3. The first-order valence-electron chi connectivity index (χ1n) is 34.9. The molecule has 0 aromatic heterocycles. The molecule has 0 heterocycles. The number of carbonyl (C=O) groups excluding carboxylic acids is 3. The van der Waals surface area contributed by atoms with Crippen molar-refractivity contribution in [3.05, 3.63) is 85.1 Å². The highest BCUT2D eigenvalue weighted by Crippen LogP contribution is 2.45. The van der Waals surface area contributed by atoms with E-state index in [1.807, 2.05) is 0 Å². The van der Waals surface area contributed by atoms with Gasteiger partial charge in [0.15, 0.2) is 6.10 Å². The Morgan fingerprint density at radius 3 is 0.966 bits per heavy atom. The maximum absolute atomic E-state index is 12.9. The predicted molar refractivity (Wildman–Crippen MR) is 362 cm³/mol. The van der Waals surface area contributed by atoms with Crippen LogP contribution in [0.5, 0.6) is 0 Å². The SMILES string of the molecule is CC/C=C\C/C=C\C/C=C\CCCCCCCCCC(=O)OCC(COP(=O)(O)OCC(O)COP(=O)(O)OCC(O)COC(=O)CCCCCCC/C=C\C/C=C\C/C=C\C/C=C\CCCCC)OC(=O)CCCCCCCCCCCCCCCCC. The van der Waals surface area contributed by atoms with Crippen LogP contribution in [0.4, 0.5) is 0 Å². The Morgan fingerprint density at radius 1 is 0.326 bits per heavy atom. The molecule has 16 nitrogen and oxygen atoms in total. The van der Waals surface area contributed by atoms with Crippen molar-refractivity contribution in [2.75, 3.05) is 39.6 Å². The van der Waals surface area contributed by atoms with E-state index < -0.39 is 91.5 Å². The summed E-state index contributed by atoms with van der Waals surface area (Å²) in [5.74, 6) is -1.59. The molecule has 0 aliphatic carbocycles. The molecular weight excluding hydrogens is 1170 g/mol. The third-order valence-electron chi connectivity index (χ3n) is 14.6. The minimum absolute atomic E-state index is 0.106. The maximum atomic E-state index is 12.9. The highest BCUT2D eigenvalue weighted by molar-refractivity contribution is 7.47. The highest BCUT2D eigenvalue weighted by Gasteiger charge is 2.29. The van der Waals surface area contributed by atoms with Crippen molar-refractivity contribution in [2.24, 2.45) is 0 Å². The summed E-state index contributed by atoms with van der Waals surface area (Å²) in [7, 11) is -9.78. The van der Waals surface area contributed by atoms with Gasteiger partial charge < -0.3 is 34.2 Å². The fourth-order valence-electron chi connectivity index (χ4n) is 9.27. The third kappa shape index (κ3) is 66.0. The summed E-state index contributed by atoms with van der Waals surface area (Å²) in [6, 6.07) is 0. The maximum Gasteiger partial charge on any atom is 0.472 e. The van der Waals surface area contributed by atoms with Gasteiger partial charge in [-0.3, -0.25) is 32.5 Å². The van der Waals surface area contributed by atoms with Gasteiger partial charge >= 0.3 is 33.6 Å². The molecule has 0 saturated heterocycles. The summed E-state index contributed by atoms with van der Waals surface area (Å²) in [6.45, 7) is 2.52. The monoisotopic (exact) mass is 1300 g/mol. The van der Waals surface area contributed by atoms with E-state index in [2.05, 4.69) is 106 Å². The van der Waals surface area contributed by atoms with Gasteiger partial charge in [0.1, 0.15) is 25.4 Å². The van der Waals surface area contributed by atoms with Crippen LogP contribution in [0.15, 0.2) is 85.1 Å². The van der Waals surface area contributed by atoms with Crippen LogP contribution < -0.4 is 0 Å². The number of rotatable bonds is 66. The van der Waals surface area contributed by atoms with Gasteiger partial charge in [-0.05, 0) is 96.3 Å². The first-order valence-corrected chi connectivity index (χ1v) is 37.9. The van der Waals surface area contributed by atoms with Gasteiger partial charge in [-0.15, -0.1) is 0 Å². The zero-order valence-corrected chi connectivity index (χ0v) is 57.6. The molecule has 89 heavy (non-hydrogen) atoms. The van der Waals surface area contributed by atoms with Gasteiger partial charge in [0, 0.05) is 19.3 Å². The van der Waals surface area contributed by atoms with Crippen molar-refractivity contribution < 1.29 is 75.8 Å². The molecule has 0 fully saturated rings. The minimum Gasteiger partial charge on any atom is -0.463 e. The minimum atomic E-state index is -4.92. The number of aliphatic hydroxyl groups excluding tert-OH is 2. The molecule has 0 amide bonds. The van der Waals surface area contributed by atoms with Crippen LogP contribution in [0, 0.1) is 0 Å².